The number of hydrogen-bond donors (Lipinski definition) is 0. The number of para-hydroxylation sites is 2. The zero-order valence-corrected chi connectivity index (χ0v) is 28.3. The van der Waals surface area contributed by atoms with Crippen LogP contribution >= 0.6 is 0 Å². The molecule has 8 aromatic rings. The van der Waals surface area contributed by atoms with E-state index in [0.29, 0.717) is 5.56 Å². The summed E-state index contributed by atoms with van der Waals surface area (Å²) in [5, 5.41) is 14.7. The smallest absolute Gasteiger partial charge is 0.138 e. The predicted octanol–water partition coefficient (Wildman–Crippen LogP) is 11.4. The molecule has 0 fully saturated rings. The van der Waals surface area contributed by atoms with E-state index < -0.39 is 0 Å². The maximum atomic E-state index is 9.91. The summed E-state index contributed by atoms with van der Waals surface area (Å²) in [5.41, 5.74) is 10.6. The first-order valence-electron chi connectivity index (χ1n) is 16.6. The van der Waals surface area contributed by atoms with Gasteiger partial charge >= 0.3 is 0 Å². The van der Waals surface area contributed by atoms with E-state index in [-0.39, 0.29) is 10.8 Å². The van der Waals surface area contributed by atoms with Crippen LogP contribution in [0, 0.1) is 11.3 Å². The van der Waals surface area contributed by atoms with E-state index in [0.717, 1.165) is 44.7 Å². The van der Waals surface area contributed by atoms with Crippen LogP contribution in [0.3, 0.4) is 0 Å². The van der Waals surface area contributed by atoms with Crippen LogP contribution in [0.2, 0.25) is 0 Å². The van der Waals surface area contributed by atoms with Crippen LogP contribution in [0.1, 0.15) is 58.2 Å². The molecule has 48 heavy (non-hydrogen) atoms. The second-order valence-corrected chi connectivity index (χ2v) is 14.9. The first kappa shape index (κ1) is 29.7. The van der Waals surface area contributed by atoms with Crippen molar-refractivity contribution in [3.63, 3.8) is 0 Å². The van der Waals surface area contributed by atoms with E-state index in [1.54, 1.807) is 0 Å². The highest BCUT2D eigenvalue weighted by Crippen LogP contribution is 2.40. The van der Waals surface area contributed by atoms with Crippen molar-refractivity contribution in [1.29, 1.82) is 5.26 Å². The minimum Gasteiger partial charge on any atom is -0.307 e. The molecular formula is C44H38N4. The lowest BCUT2D eigenvalue weighted by atomic mass is 9.86. The molecule has 0 radical (unpaired) electrons. The Morgan fingerprint density at radius 3 is 1.67 bits per heavy atom. The van der Waals surface area contributed by atoms with Gasteiger partial charge in [-0.25, -0.2) is 4.98 Å². The monoisotopic (exact) mass is 622 g/mol. The van der Waals surface area contributed by atoms with Crippen molar-refractivity contribution in [2.24, 2.45) is 0 Å². The van der Waals surface area contributed by atoms with E-state index in [1.807, 2.05) is 24.4 Å². The quantitative estimate of drug-likeness (QED) is 0.197. The summed E-state index contributed by atoms with van der Waals surface area (Å²) >= 11 is 0. The first-order valence-corrected chi connectivity index (χ1v) is 16.6. The number of nitriles is 1. The lowest BCUT2D eigenvalue weighted by Crippen LogP contribution is -2.11. The molecule has 234 valence electrons. The predicted molar refractivity (Wildman–Crippen MR) is 200 cm³/mol. The number of fused-ring (bicyclic) bond motifs is 6. The molecule has 0 bridgehead atoms. The Labute approximate surface area is 281 Å². The third-order valence-corrected chi connectivity index (χ3v) is 9.72. The highest BCUT2D eigenvalue weighted by atomic mass is 15.1. The van der Waals surface area contributed by atoms with Crippen molar-refractivity contribution in [2.75, 3.05) is 0 Å². The Balaban J connectivity index is 1.48. The van der Waals surface area contributed by atoms with Crippen molar-refractivity contribution in [1.82, 2.24) is 14.1 Å². The molecule has 8 rings (SSSR count). The van der Waals surface area contributed by atoms with E-state index >= 15 is 0 Å². The normalized spacial score (nSPS) is 12.4. The maximum Gasteiger partial charge on any atom is 0.138 e. The van der Waals surface area contributed by atoms with E-state index in [9.17, 15) is 5.26 Å². The second kappa shape index (κ2) is 10.7. The molecule has 0 aliphatic rings. The van der Waals surface area contributed by atoms with Gasteiger partial charge in [0.2, 0.25) is 0 Å². The molecule has 0 N–H and O–H groups in total. The lowest BCUT2D eigenvalue weighted by Gasteiger charge is -2.21. The van der Waals surface area contributed by atoms with Crippen LogP contribution in [0.15, 0.2) is 121 Å². The molecule has 0 saturated heterocycles. The van der Waals surface area contributed by atoms with E-state index in [4.69, 9.17) is 4.98 Å². The highest BCUT2D eigenvalue weighted by molar-refractivity contribution is 6.11. The third-order valence-electron chi connectivity index (χ3n) is 9.72. The van der Waals surface area contributed by atoms with Crippen LogP contribution in [-0.2, 0) is 10.8 Å². The fourth-order valence-corrected chi connectivity index (χ4v) is 7.11. The number of rotatable bonds is 3. The molecule has 0 aliphatic carbocycles. The van der Waals surface area contributed by atoms with Crippen LogP contribution in [-0.4, -0.2) is 14.1 Å². The van der Waals surface area contributed by atoms with Gasteiger partial charge in [-0.15, -0.1) is 0 Å². The standard InChI is InChI=1S/C44H38N4/c1-43(2,3)30-18-20-34-32-14-7-9-16-37(32)47(39(34)23-30)41-27-46-42(25-36(41)29-13-11-12-28(22-29)26-45)48-38-17-10-8-15-33(38)35-21-19-31(24-40(35)48)44(4,5)6/h7-25,27H,1-6H3. The summed E-state index contributed by atoms with van der Waals surface area (Å²) in [5.74, 6) is 0.838. The van der Waals surface area contributed by atoms with Crippen molar-refractivity contribution in [3.8, 4) is 28.7 Å². The molecule has 0 aliphatic heterocycles. The lowest BCUT2D eigenvalue weighted by molar-refractivity contribution is 0.590. The van der Waals surface area contributed by atoms with Crippen molar-refractivity contribution in [2.45, 2.75) is 52.4 Å². The zero-order chi connectivity index (χ0) is 33.4. The molecule has 0 saturated carbocycles. The number of benzene rings is 5. The molecule has 5 aromatic carbocycles. The highest BCUT2D eigenvalue weighted by Gasteiger charge is 2.23. The van der Waals surface area contributed by atoms with Gasteiger partial charge in [0.15, 0.2) is 0 Å². The minimum absolute atomic E-state index is 0.00189. The van der Waals surface area contributed by atoms with Crippen molar-refractivity contribution in [3.05, 3.63) is 138 Å². The molecular weight excluding hydrogens is 585 g/mol. The molecule has 0 unspecified atom stereocenters. The third kappa shape index (κ3) is 4.69. The van der Waals surface area contributed by atoms with Gasteiger partial charge < -0.3 is 4.57 Å². The Morgan fingerprint density at radius 2 is 1.08 bits per heavy atom. The number of pyridine rings is 1. The second-order valence-electron chi connectivity index (χ2n) is 14.9. The molecule has 3 heterocycles. The average molecular weight is 623 g/mol. The molecule has 4 nitrogen and oxygen atoms in total. The Bertz CT molecular complexity index is 2590. The largest absolute Gasteiger partial charge is 0.307 e. The molecule has 0 spiro atoms. The van der Waals surface area contributed by atoms with Gasteiger partial charge in [0.1, 0.15) is 5.82 Å². The van der Waals surface area contributed by atoms with Gasteiger partial charge in [-0.05, 0) is 70.0 Å². The van der Waals surface area contributed by atoms with Crippen LogP contribution in [0.25, 0.3) is 66.2 Å². The first-order chi connectivity index (χ1) is 23.0. The average Bonchev–Trinajstić information content (AvgIpc) is 3.59. The van der Waals surface area contributed by atoms with Gasteiger partial charge in [-0.1, -0.05) is 114 Å². The summed E-state index contributed by atoms with van der Waals surface area (Å²) in [6, 6.07) is 43.3. The molecule has 0 amide bonds. The summed E-state index contributed by atoms with van der Waals surface area (Å²) < 4.78 is 4.65. The molecule has 4 heteroatoms. The summed E-state index contributed by atoms with van der Waals surface area (Å²) in [7, 11) is 0. The van der Waals surface area contributed by atoms with Gasteiger partial charge in [0.25, 0.3) is 0 Å². The van der Waals surface area contributed by atoms with Crippen molar-refractivity contribution >= 4 is 43.6 Å². The molecule has 0 atom stereocenters. The Kier molecular flexibility index (Phi) is 6.62. The summed E-state index contributed by atoms with van der Waals surface area (Å²) in [4.78, 5) is 5.26. The Morgan fingerprint density at radius 1 is 0.542 bits per heavy atom. The van der Waals surface area contributed by atoms with Gasteiger partial charge in [-0.3, -0.25) is 4.57 Å². The molecule has 3 aromatic heterocycles. The number of hydrogen-bond acceptors (Lipinski definition) is 2. The maximum absolute atomic E-state index is 9.91. The van der Waals surface area contributed by atoms with Crippen LogP contribution in [0.4, 0.5) is 0 Å². The van der Waals surface area contributed by atoms with Gasteiger partial charge in [0.05, 0.1) is 45.6 Å². The van der Waals surface area contributed by atoms with Gasteiger partial charge in [-0.2, -0.15) is 5.26 Å². The number of aromatic nitrogens is 3. The summed E-state index contributed by atoms with van der Waals surface area (Å²) in [6.45, 7) is 13.5. The van der Waals surface area contributed by atoms with E-state index in [1.165, 1.54) is 32.7 Å². The van der Waals surface area contributed by atoms with E-state index in [2.05, 4.69) is 154 Å². The fraction of sp³-hybridized carbons (Fsp3) is 0.182. The topological polar surface area (TPSA) is 46.5 Å². The Hall–Kier alpha value is -5.66. The van der Waals surface area contributed by atoms with Crippen molar-refractivity contribution < 1.29 is 0 Å². The van der Waals surface area contributed by atoms with Crippen LogP contribution < -0.4 is 0 Å². The summed E-state index contributed by atoms with van der Waals surface area (Å²) in [6.07, 6.45) is 2.02. The van der Waals surface area contributed by atoms with Crippen LogP contribution in [0.5, 0.6) is 0 Å². The minimum atomic E-state index is -0.00994. The SMILES string of the molecule is CC(C)(C)c1ccc2c3ccccc3n(-c3cc(-c4cccc(C#N)c4)c(-n4c5ccccc5c5ccc(C(C)(C)C)cc54)cn3)c2c1. The zero-order valence-electron chi connectivity index (χ0n) is 28.3. The number of nitrogens with zero attached hydrogens (tertiary/aromatic N) is 4. The van der Waals surface area contributed by atoms with Gasteiger partial charge in [0, 0.05) is 27.1 Å². The fourth-order valence-electron chi connectivity index (χ4n) is 7.11.